The Balaban J connectivity index is 1.56. The molecule has 1 atom stereocenters. The topological polar surface area (TPSA) is 68.5 Å². The van der Waals surface area contributed by atoms with Crippen LogP contribution in [0.5, 0.6) is 5.75 Å². The van der Waals surface area contributed by atoms with E-state index in [0.717, 1.165) is 28.1 Å². The van der Waals surface area contributed by atoms with E-state index < -0.39 is 0 Å². The summed E-state index contributed by atoms with van der Waals surface area (Å²) in [6.45, 7) is 4.59. The molecule has 4 rings (SSSR count). The van der Waals surface area contributed by atoms with Gasteiger partial charge in [-0.1, -0.05) is 17.3 Å². The molecule has 3 aromatic rings. The number of rotatable bonds is 4. The Kier molecular flexibility index (Phi) is 4.39. The van der Waals surface area contributed by atoms with Gasteiger partial charge in [0.1, 0.15) is 5.75 Å². The highest BCUT2D eigenvalue weighted by Crippen LogP contribution is 2.34. The first kappa shape index (κ1) is 17.3. The highest BCUT2D eigenvalue weighted by molar-refractivity contribution is 5.97. The first-order valence-corrected chi connectivity index (χ1v) is 8.91. The van der Waals surface area contributed by atoms with Crippen LogP contribution in [0.25, 0.3) is 11.4 Å². The van der Waals surface area contributed by atoms with Crippen LogP contribution in [0.4, 0.5) is 5.69 Å². The lowest BCUT2D eigenvalue weighted by atomic mass is 10.1. The zero-order chi connectivity index (χ0) is 19.0. The Morgan fingerprint density at radius 3 is 2.67 bits per heavy atom. The lowest BCUT2D eigenvalue weighted by Gasteiger charge is -2.19. The number of carbonyl (C=O) groups excluding carboxylic acids is 1. The van der Waals surface area contributed by atoms with Gasteiger partial charge in [0.05, 0.1) is 13.0 Å². The number of anilines is 1. The molecule has 0 radical (unpaired) electrons. The number of hydrogen-bond donors (Lipinski definition) is 0. The molecule has 0 spiro atoms. The number of methoxy groups -OCH3 is 1. The summed E-state index contributed by atoms with van der Waals surface area (Å²) >= 11 is 0. The number of amides is 1. The molecule has 1 aromatic heterocycles. The molecule has 0 saturated carbocycles. The summed E-state index contributed by atoms with van der Waals surface area (Å²) in [6, 6.07) is 13.6. The average Bonchev–Trinajstić information content (AvgIpc) is 3.31. The molecule has 0 aliphatic carbocycles. The molecule has 27 heavy (non-hydrogen) atoms. The number of carbonyl (C=O) groups is 1. The molecule has 0 N–H and O–H groups in total. The van der Waals surface area contributed by atoms with Crippen molar-refractivity contribution >= 4 is 11.6 Å². The summed E-state index contributed by atoms with van der Waals surface area (Å²) in [4.78, 5) is 18.9. The van der Waals surface area contributed by atoms with E-state index in [4.69, 9.17) is 9.26 Å². The van der Waals surface area contributed by atoms with Crippen molar-refractivity contribution in [2.45, 2.75) is 26.2 Å². The zero-order valence-electron chi connectivity index (χ0n) is 15.6. The van der Waals surface area contributed by atoms with Gasteiger partial charge in [0, 0.05) is 24.2 Å². The summed E-state index contributed by atoms with van der Waals surface area (Å²) in [5.41, 5.74) is 4.02. The summed E-state index contributed by atoms with van der Waals surface area (Å²) in [5, 5.41) is 4.08. The van der Waals surface area contributed by atoms with E-state index in [1.165, 1.54) is 0 Å². The van der Waals surface area contributed by atoms with Gasteiger partial charge in [0.25, 0.3) is 0 Å². The number of ether oxygens (including phenoxy) is 1. The molecular weight excluding hydrogens is 342 g/mol. The minimum Gasteiger partial charge on any atom is -0.497 e. The van der Waals surface area contributed by atoms with Crippen molar-refractivity contribution in [3.8, 4) is 17.1 Å². The normalized spacial score (nSPS) is 16.8. The quantitative estimate of drug-likeness (QED) is 0.703. The highest BCUT2D eigenvalue weighted by Gasteiger charge is 2.35. The van der Waals surface area contributed by atoms with Crippen LogP contribution in [0.3, 0.4) is 0 Å². The molecule has 1 amide bonds. The third-order valence-corrected chi connectivity index (χ3v) is 4.92. The Bertz CT molecular complexity index is 979. The van der Waals surface area contributed by atoms with E-state index in [-0.39, 0.29) is 11.8 Å². The summed E-state index contributed by atoms with van der Waals surface area (Å²) in [6.07, 6.45) is 0.373. The lowest BCUT2D eigenvalue weighted by Crippen LogP contribution is -2.25. The average molecular weight is 363 g/mol. The lowest BCUT2D eigenvalue weighted by molar-refractivity contribution is -0.117. The van der Waals surface area contributed by atoms with Crippen molar-refractivity contribution in [2.24, 2.45) is 0 Å². The predicted molar refractivity (Wildman–Crippen MR) is 102 cm³/mol. The van der Waals surface area contributed by atoms with Crippen molar-refractivity contribution in [1.29, 1.82) is 0 Å². The second kappa shape index (κ2) is 6.87. The fourth-order valence-corrected chi connectivity index (χ4v) is 3.37. The molecule has 1 fully saturated rings. The van der Waals surface area contributed by atoms with Gasteiger partial charge in [-0.2, -0.15) is 4.98 Å². The standard InChI is InChI=1S/C21H21N3O3/c1-13-4-5-14(2)18(10-13)24-12-16(11-19(24)25)21-22-20(23-27-21)15-6-8-17(26-3)9-7-15/h4-10,16H,11-12H2,1-3H3/t16-/m1/s1. The summed E-state index contributed by atoms with van der Waals surface area (Å²) < 4.78 is 10.6. The SMILES string of the molecule is COc1ccc(-c2noc([C@@H]3CC(=O)N(c4cc(C)ccc4C)C3)n2)cc1. The largest absolute Gasteiger partial charge is 0.497 e. The smallest absolute Gasteiger partial charge is 0.232 e. The molecule has 0 unspecified atom stereocenters. The van der Waals surface area contributed by atoms with E-state index in [1.807, 2.05) is 55.1 Å². The number of benzene rings is 2. The highest BCUT2D eigenvalue weighted by atomic mass is 16.5. The Morgan fingerprint density at radius 1 is 1.15 bits per heavy atom. The van der Waals surface area contributed by atoms with Gasteiger partial charge in [0.15, 0.2) is 0 Å². The van der Waals surface area contributed by atoms with Crippen LogP contribution in [0.1, 0.15) is 29.4 Å². The molecule has 1 aliphatic rings. The maximum atomic E-state index is 12.6. The third kappa shape index (κ3) is 3.30. The van der Waals surface area contributed by atoms with Crippen molar-refractivity contribution in [1.82, 2.24) is 10.1 Å². The third-order valence-electron chi connectivity index (χ3n) is 4.92. The van der Waals surface area contributed by atoms with Crippen molar-refractivity contribution in [3.05, 3.63) is 59.5 Å². The van der Waals surface area contributed by atoms with Gasteiger partial charge in [-0.3, -0.25) is 4.79 Å². The van der Waals surface area contributed by atoms with E-state index in [2.05, 4.69) is 16.2 Å². The van der Waals surface area contributed by atoms with Crippen molar-refractivity contribution < 1.29 is 14.1 Å². The molecular formula is C21H21N3O3. The van der Waals surface area contributed by atoms with Gasteiger partial charge in [0.2, 0.25) is 17.6 Å². The Morgan fingerprint density at radius 2 is 1.93 bits per heavy atom. The van der Waals surface area contributed by atoms with Crippen LogP contribution in [-0.2, 0) is 4.79 Å². The number of hydrogen-bond acceptors (Lipinski definition) is 5. The minimum absolute atomic E-state index is 0.0814. The van der Waals surface area contributed by atoms with Gasteiger partial charge < -0.3 is 14.2 Å². The zero-order valence-corrected chi connectivity index (χ0v) is 15.6. The van der Waals surface area contributed by atoms with Gasteiger partial charge in [-0.15, -0.1) is 0 Å². The maximum absolute atomic E-state index is 12.6. The Labute approximate surface area is 157 Å². The molecule has 0 bridgehead atoms. The molecule has 1 aliphatic heterocycles. The first-order chi connectivity index (χ1) is 13.0. The van der Waals surface area contributed by atoms with Gasteiger partial charge in [-0.25, -0.2) is 0 Å². The fourth-order valence-electron chi connectivity index (χ4n) is 3.37. The van der Waals surface area contributed by atoms with Gasteiger partial charge in [-0.05, 0) is 55.3 Å². The maximum Gasteiger partial charge on any atom is 0.232 e. The van der Waals surface area contributed by atoms with Gasteiger partial charge >= 0.3 is 0 Å². The van der Waals surface area contributed by atoms with Crippen LogP contribution < -0.4 is 9.64 Å². The molecule has 138 valence electrons. The van der Waals surface area contributed by atoms with E-state index in [1.54, 1.807) is 7.11 Å². The van der Waals surface area contributed by atoms with E-state index in [9.17, 15) is 4.79 Å². The summed E-state index contributed by atoms with van der Waals surface area (Å²) in [5.74, 6) is 1.77. The minimum atomic E-state index is -0.100. The number of nitrogens with zero attached hydrogens (tertiary/aromatic N) is 3. The fraction of sp³-hybridized carbons (Fsp3) is 0.286. The molecule has 6 heteroatoms. The van der Waals surface area contributed by atoms with Crippen LogP contribution >= 0.6 is 0 Å². The van der Waals surface area contributed by atoms with Crippen molar-refractivity contribution in [2.75, 3.05) is 18.6 Å². The van der Waals surface area contributed by atoms with Crippen LogP contribution in [0, 0.1) is 13.8 Å². The van der Waals surface area contributed by atoms with Crippen LogP contribution in [0.2, 0.25) is 0 Å². The van der Waals surface area contributed by atoms with Crippen molar-refractivity contribution in [3.63, 3.8) is 0 Å². The molecule has 2 heterocycles. The number of aromatic nitrogens is 2. The van der Waals surface area contributed by atoms with Crippen LogP contribution in [0.15, 0.2) is 47.0 Å². The number of aryl methyl sites for hydroxylation is 2. The van der Waals surface area contributed by atoms with E-state index >= 15 is 0 Å². The Hall–Kier alpha value is -3.15. The predicted octanol–water partition coefficient (Wildman–Crippen LogP) is 3.88. The van der Waals surface area contributed by atoms with E-state index in [0.29, 0.717) is 24.7 Å². The molecule has 2 aromatic carbocycles. The van der Waals surface area contributed by atoms with Crippen LogP contribution in [-0.4, -0.2) is 29.7 Å². The molecule has 6 nitrogen and oxygen atoms in total. The second-order valence-corrected chi connectivity index (χ2v) is 6.88. The first-order valence-electron chi connectivity index (χ1n) is 8.91. The second-order valence-electron chi connectivity index (χ2n) is 6.88. The summed E-state index contributed by atoms with van der Waals surface area (Å²) in [7, 11) is 1.63. The monoisotopic (exact) mass is 363 g/mol. The molecule has 1 saturated heterocycles.